The number of hydrogen-bond acceptors (Lipinski definition) is 4. The van der Waals surface area contributed by atoms with Crippen molar-refractivity contribution in [2.24, 2.45) is 17.7 Å². The van der Waals surface area contributed by atoms with Gasteiger partial charge in [-0.3, -0.25) is 0 Å². The van der Waals surface area contributed by atoms with Crippen molar-refractivity contribution in [1.82, 2.24) is 4.98 Å². The highest BCUT2D eigenvalue weighted by atomic mass is 19.1. The maximum Gasteiger partial charge on any atom is 0.178 e. The van der Waals surface area contributed by atoms with Gasteiger partial charge in [-0.05, 0) is 24.7 Å². The highest BCUT2D eigenvalue weighted by Gasteiger charge is 2.32. The molecule has 1 saturated carbocycles. The Morgan fingerprint density at radius 3 is 2.65 bits per heavy atom. The predicted molar refractivity (Wildman–Crippen MR) is 74.2 cm³/mol. The Morgan fingerprint density at radius 1 is 1.15 bits per heavy atom. The number of rotatable bonds is 2. The van der Waals surface area contributed by atoms with Crippen molar-refractivity contribution in [2.75, 3.05) is 23.4 Å². The number of hydrazine groups is 1. The third kappa shape index (κ3) is 2.44. The van der Waals surface area contributed by atoms with Crippen molar-refractivity contribution >= 4 is 11.6 Å². The van der Waals surface area contributed by atoms with Crippen molar-refractivity contribution in [3.63, 3.8) is 0 Å². The Kier molecular flexibility index (Phi) is 3.74. The maximum absolute atomic E-state index is 14.0. The van der Waals surface area contributed by atoms with Crippen molar-refractivity contribution in [2.45, 2.75) is 32.1 Å². The minimum absolute atomic E-state index is 0.104. The van der Waals surface area contributed by atoms with Gasteiger partial charge in [0.25, 0.3) is 0 Å². The topological polar surface area (TPSA) is 54.2 Å². The van der Waals surface area contributed by atoms with Gasteiger partial charge in [0.1, 0.15) is 0 Å². The molecule has 0 amide bonds. The Hall–Kier alpha value is -1.43. The number of pyridine rings is 1. The van der Waals surface area contributed by atoms with Gasteiger partial charge in [0.05, 0.1) is 0 Å². The van der Waals surface area contributed by atoms with E-state index in [1.165, 1.54) is 25.7 Å². The van der Waals surface area contributed by atoms with Crippen LogP contribution in [-0.4, -0.2) is 18.1 Å². The van der Waals surface area contributed by atoms with Gasteiger partial charge in [0.2, 0.25) is 0 Å². The van der Waals surface area contributed by atoms with E-state index < -0.39 is 11.6 Å². The van der Waals surface area contributed by atoms with E-state index in [0.29, 0.717) is 5.92 Å². The minimum Gasteiger partial charge on any atom is -0.354 e. The van der Waals surface area contributed by atoms with E-state index in [1.807, 2.05) is 4.90 Å². The van der Waals surface area contributed by atoms with Gasteiger partial charge in [-0.15, -0.1) is 0 Å². The molecule has 1 saturated heterocycles. The monoisotopic (exact) mass is 282 g/mol. The molecule has 1 aromatic heterocycles. The Balaban J connectivity index is 1.82. The van der Waals surface area contributed by atoms with E-state index in [-0.39, 0.29) is 11.6 Å². The summed E-state index contributed by atoms with van der Waals surface area (Å²) in [5.74, 6) is 5.31. The smallest absolute Gasteiger partial charge is 0.178 e. The largest absolute Gasteiger partial charge is 0.354 e. The number of aromatic nitrogens is 1. The first-order valence-electron chi connectivity index (χ1n) is 7.26. The summed E-state index contributed by atoms with van der Waals surface area (Å²) in [6.07, 6.45) is 6.11. The molecule has 0 bridgehead atoms. The third-order valence-electron chi connectivity index (χ3n) is 4.64. The second kappa shape index (κ2) is 5.52. The standard InChI is InChI=1S/C14H20F2N4/c15-11-7-12(16)14(18-13(11)19-17)20-6-5-9-3-1-2-4-10(9)8-20/h7,9-10H,1-6,8,17H2,(H,18,19). The van der Waals surface area contributed by atoms with Crippen LogP contribution in [0.1, 0.15) is 32.1 Å². The highest BCUT2D eigenvalue weighted by Crippen LogP contribution is 2.37. The Morgan fingerprint density at radius 2 is 1.90 bits per heavy atom. The zero-order valence-corrected chi connectivity index (χ0v) is 11.4. The summed E-state index contributed by atoms with van der Waals surface area (Å²) in [6, 6.07) is 0.852. The van der Waals surface area contributed by atoms with E-state index in [2.05, 4.69) is 10.4 Å². The summed E-state index contributed by atoms with van der Waals surface area (Å²) in [4.78, 5) is 5.92. The van der Waals surface area contributed by atoms with Crippen molar-refractivity contribution in [3.8, 4) is 0 Å². The highest BCUT2D eigenvalue weighted by molar-refractivity contribution is 5.49. The molecule has 2 aliphatic rings. The van der Waals surface area contributed by atoms with Gasteiger partial charge in [-0.25, -0.2) is 19.6 Å². The number of anilines is 2. The van der Waals surface area contributed by atoms with E-state index in [1.54, 1.807) is 0 Å². The molecule has 6 heteroatoms. The average molecular weight is 282 g/mol. The summed E-state index contributed by atoms with van der Waals surface area (Å²) in [6.45, 7) is 1.59. The first-order chi connectivity index (χ1) is 9.69. The molecule has 1 aliphatic carbocycles. The van der Waals surface area contributed by atoms with Gasteiger partial charge < -0.3 is 10.3 Å². The number of halogens is 2. The average Bonchev–Trinajstić information content (AvgIpc) is 2.47. The molecule has 2 fully saturated rings. The lowest BCUT2D eigenvalue weighted by molar-refractivity contribution is 0.201. The zero-order valence-electron chi connectivity index (χ0n) is 11.4. The van der Waals surface area contributed by atoms with Crippen LogP contribution in [-0.2, 0) is 0 Å². The minimum atomic E-state index is -0.763. The van der Waals surface area contributed by atoms with Crippen molar-refractivity contribution in [3.05, 3.63) is 17.7 Å². The molecule has 1 aromatic rings. The van der Waals surface area contributed by atoms with Crippen molar-refractivity contribution < 1.29 is 8.78 Å². The van der Waals surface area contributed by atoms with E-state index >= 15 is 0 Å². The summed E-state index contributed by atoms with van der Waals surface area (Å²) >= 11 is 0. The number of piperidine rings is 1. The number of fused-ring (bicyclic) bond motifs is 1. The van der Waals surface area contributed by atoms with Gasteiger partial charge in [0.15, 0.2) is 23.3 Å². The predicted octanol–water partition coefficient (Wildman–Crippen LogP) is 2.66. The lowest BCUT2D eigenvalue weighted by atomic mass is 9.75. The SMILES string of the molecule is NNc1nc(N2CCC3CCCCC3C2)c(F)cc1F. The lowest BCUT2D eigenvalue weighted by Crippen LogP contribution is -2.42. The molecule has 3 rings (SSSR count). The van der Waals surface area contributed by atoms with Crippen LogP contribution in [0.4, 0.5) is 20.4 Å². The molecule has 20 heavy (non-hydrogen) atoms. The van der Waals surface area contributed by atoms with Crippen LogP contribution >= 0.6 is 0 Å². The summed E-state index contributed by atoms with van der Waals surface area (Å²) in [7, 11) is 0. The number of nitrogens with two attached hydrogens (primary N) is 1. The molecule has 2 atom stereocenters. The van der Waals surface area contributed by atoms with Crippen LogP contribution in [0.3, 0.4) is 0 Å². The van der Waals surface area contributed by atoms with Crippen molar-refractivity contribution in [1.29, 1.82) is 0 Å². The fourth-order valence-corrected chi connectivity index (χ4v) is 3.57. The van der Waals surface area contributed by atoms with E-state index in [0.717, 1.165) is 31.5 Å². The van der Waals surface area contributed by atoms with Crippen LogP contribution in [0.2, 0.25) is 0 Å². The third-order valence-corrected chi connectivity index (χ3v) is 4.64. The zero-order chi connectivity index (χ0) is 14.1. The van der Waals surface area contributed by atoms with Gasteiger partial charge in [-0.2, -0.15) is 0 Å². The molecular formula is C14H20F2N4. The van der Waals surface area contributed by atoms with Crippen LogP contribution in [0.15, 0.2) is 6.07 Å². The van der Waals surface area contributed by atoms with Crippen LogP contribution < -0.4 is 16.2 Å². The second-order valence-electron chi connectivity index (χ2n) is 5.81. The molecule has 2 heterocycles. The van der Waals surface area contributed by atoms with Crippen LogP contribution in [0.5, 0.6) is 0 Å². The first-order valence-corrected chi connectivity index (χ1v) is 7.26. The van der Waals surface area contributed by atoms with E-state index in [9.17, 15) is 8.78 Å². The molecule has 4 nitrogen and oxygen atoms in total. The fraction of sp³-hybridized carbons (Fsp3) is 0.643. The second-order valence-corrected chi connectivity index (χ2v) is 5.81. The van der Waals surface area contributed by atoms with E-state index in [4.69, 9.17) is 5.84 Å². The van der Waals surface area contributed by atoms with Crippen LogP contribution in [0, 0.1) is 23.5 Å². The van der Waals surface area contributed by atoms with Gasteiger partial charge in [-0.1, -0.05) is 19.3 Å². The number of hydrogen-bond donors (Lipinski definition) is 2. The molecule has 0 spiro atoms. The van der Waals surface area contributed by atoms with Gasteiger partial charge >= 0.3 is 0 Å². The molecule has 2 unspecified atom stereocenters. The summed E-state index contributed by atoms with van der Waals surface area (Å²) in [5.41, 5.74) is 2.18. The molecule has 0 aromatic carbocycles. The summed E-state index contributed by atoms with van der Waals surface area (Å²) < 4.78 is 27.4. The molecular weight excluding hydrogens is 262 g/mol. The number of nitrogens with zero attached hydrogens (tertiary/aromatic N) is 2. The molecule has 110 valence electrons. The molecule has 1 aliphatic heterocycles. The summed E-state index contributed by atoms with van der Waals surface area (Å²) in [5, 5.41) is 0. The molecule has 3 N–H and O–H groups in total. The Bertz CT molecular complexity index is 494. The fourth-order valence-electron chi connectivity index (χ4n) is 3.57. The maximum atomic E-state index is 14.0. The molecule has 0 radical (unpaired) electrons. The first kappa shape index (κ1) is 13.5. The number of nitrogen functional groups attached to an aromatic ring is 1. The normalized spacial score (nSPS) is 26.2. The lowest BCUT2D eigenvalue weighted by Gasteiger charge is -2.41. The van der Waals surface area contributed by atoms with Gasteiger partial charge in [0, 0.05) is 19.2 Å². The Labute approximate surface area is 117 Å². The van der Waals surface area contributed by atoms with Crippen LogP contribution in [0.25, 0.3) is 0 Å². The quantitative estimate of drug-likeness (QED) is 0.647. The number of nitrogens with one attached hydrogen (secondary N) is 1.